The zero-order chi connectivity index (χ0) is 16.0. The van der Waals surface area contributed by atoms with Crippen LogP contribution >= 0.6 is 0 Å². The van der Waals surface area contributed by atoms with Crippen LogP contribution in [0.15, 0.2) is 24.5 Å². The minimum absolute atomic E-state index is 0.0208. The number of fused-ring (bicyclic) bond motifs is 1. The van der Waals surface area contributed by atoms with Crippen molar-refractivity contribution in [1.82, 2.24) is 19.8 Å². The number of hydrogen-bond donors (Lipinski definition) is 1. The molecule has 1 N–H and O–H groups in total. The molecule has 1 aromatic carbocycles. The second-order valence-corrected chi connectivity index (χ2v) is 5.87. The molecular formula is C16H15F2N5. The van der Waals surface area contributed by atoms with Gasteiger partial charge in [-0.2, -0.15) is 9.61 Å². The zero-order valence-electron chi connectivity index (χ0n) is 12.6. The van der Waals surface area contributed by atoms with E-state index < -0.39 is 11.6 Å². The molecule has 118 valence electrons. The Morgan fingerprint density at radius 2 is 2.13 bits per heavy atom. The predicted molar refractivity (Wildman–Crippen MR) is 81.2 cm³/mol. The number of halogens is 2. The second-order valence-electron chi connectivity index (χ2n) is 5.87. The summed E-state index contributed by atoms with van der Waals surface area (Å²) in [7, 11) is 0. The lowest BCUT2D eigenvalue weighted by Gasteiger charge is -2.11. The second kappa shape index (κ2) is 5.26. The van der Waals surface area contributed by atoms with Crippen LogP contribution in [-0.4, -0.2) is 19.8 Å². The number of anilines is 1. The first kappa shape index (κ1) is 14.0. The molecule has 0 atom stereocenters. The zero-order valence-corrected chi connectivity index (χ0v) is 12.6. The van der Waals surface area contributed by atoms with E-state index in [1.165, 1.54) is 18.5 Å². The van der Waals surface area contributed by atoms with E-state index in [2.05, 4.69) is 20.6 Å². The predicted octanol–water partition coefficient (Wildman–Crippen LogP) is 3.20. The Bertz CT molecular complexity index is 886. The molecular weight excluding hydrogens is 300 g/mol. The van der Waals surface area contributed by atoms with Crippen LogP contribution in [0.25, 0.3) is 5.65 Å². The molecule has 0 unspecified atom stereocenters. The van der Waals surface area contributed by atoms with Gasteiger partial charge in [0.1, 0.15) is 18.0 Å². The summed E-state index contributed by atoms with van der Waals surface area (Å²) >= 11 is 0. The molecule has 1 saturated carbocycles. The van der Waals surface area contributed by atoms with Gasteiger partial charge in [-0.1, -0.05) is 6.07 Å². The Hall–Kier alpha value is -2.57. The van der Waals surface area contributed by atoms with Crippen LogP contribution in [-0.2, 0) is 6.54 Å². The van der Waals surface area contributed by atoms with Gasteiger partial charge in [-0.15, -0.1) is 10.2 Å². The fourth-order valence-electron chi connectivity index (χ4n) is 2.62. The van der Waals surface area contributed by atoms with Crippen LogP contribution in [0.4, 0.5) is 14.5 Å². The lowest BCUT2D eigenvalue weighted by Crippen LogP contribution is -2.08. The number of nitrogens with zero attached hydrogens (tertiary/aromatic N) is 4. The van der Waals surface area contributed by atoms with Gasteiger partial charge in [0.25, 0.3) is 0 Å². The average molecular weight is 315 g/mol. The number of nitrogens with one attached hydrogen (secondary N) is 1. The highest BCUT2D eigenvalue weighted by molar-refractivity contribution is 5.67. The van der Waals surface area contributed by atoms with Gasteiger partial charge in [-0.05, 0) is 37.5 Å². The van der Waals surface area contributed by atoms with Crippen molar-refractivity contribution in [2.45, 2.75) is 32.2 Å². The van der Waals surface area contributed by atoms with Gasteiger partial charge >= 0.3 is 0 Å². The van der Waals surface area contributed by atoms with E-state index in [0.717, 1.165) is 18.5 Å². The highest BCUT2D eigenvalue weighted by Gasteiger charge is 2.26. The lowest BCUT2D eigenvalue weighted by atomic mass is 10.1. The van der Waals surface area contributed by atoms with Crippen LogP contribution in [0.3, 0.4) is 0 Å². The molecule has 0 spiro atoms. The standard InChI is InChI=1S/C16H15F2N5/c1-9-2-5-12(17)11(15(9)18)7-19-14-6-13(10-3-4-10)22-23-8-20-21-16(14)23/h2,5-6,8,10,19H,3-4,7H2,1H3. The lowest BCUT2D eigenvalue weighted by molar-refractivity contribution is 0.554. The molecule has 5 nitrogen and oxygen atoms in total. The third kappa shape index (κ3) is 2.52. The SMILES string of the molecule is Cc1ccc(F)c(CNc2cc(C3CC3)nn3cnnc23)c1F. The van der Waals surface area contributed by atoms with Crippen molar-refractivity contribution in [1.29, 1.82) is 0 Å². The topological polar surface area (TPSA) is 55.1 Å². The third-order valence-electron chi connectivity index (χ3n) is 4.12. The summed E-state index contributed by atoms with van der Waals surface area (Å²) in [6.45, 7) is 1.66. The van der Waals surface area contributed by atoms with Crippen molar-refractivity contribution in [3.05, 3.63) is 53.0 Å². The van der Waals surface area contributed by atoms with Crippen molar-refractivity contribution in [2.24, 2.45) is 0 Å². The minimum atomic E-state index is -0.561. The van der Waals surface area contributed by atoms with Crippen LogP contribution in [0.2, 0.25) is 0 Å². The van der Waals surface area contributed by atoms with E-state index in [4.69, 9.17) is 0 Å². The summed E-state index contributed by atoms with van der Waals surface area (Å²) in [5.74, 6) is -0.629. The first-order valence-electron chi connectivity index (χ1n) is 7.52. The third-order valence-corrected chi connectivity index (χ3v) is 4.12. The smallest absolute Gasteiger partial charge is 0.200 e. The van der Waals surface area contributed by atoms with Crippen LogP contribution in [0.5, 0.6) is 0 Å². The molecule has 0 radical (unpaired) electrons. The fourth-order valence-corrected chi connectivity index (χ4v) is 2.62. The van der Waals surface area contributed by atoms with Crippen molar-refractivity contribution in [2.75, 3.05) is 5.32 Å². The molecule has 0 bridgehead atoms. The Kier molecular flexibility index (Phi) is 3.21. The van der Waals surface area contributed by atoms with E-state index in [0.29, 0.717) is 22.8 Å². The molecule has 1 fully saturated rings. The highest BCUT2D eigenvalue weighted by Crippen LogP contribution is 2.40. The maximum Gasteiger partial charge on any atom is 0.200 e. The first-order valence-corrected chi connectivity index (χ1v) is 7.52. The summed E-state index contributed by atoms with van der Waals surface area (Å²) in [5.41, 5.74) is 2.62. The molecule has 7 heteroatoms. The van der Waals surface area contributed by atoms with E-state index >= 15 is 0 Å². The summed E-state index contributed by atoms with van der Waals surface area (Å²) in [6.07, 6.45) is 3.75. The van der Waals surface area contributed by atoms with Crippen molar-refractivity contribution in [3.8, 4) is 0 Å². The van der Waals surface area contributed by atoms with E-state index in [1.54, 1.807) is 11.4 Å². The van der Waals surface area contributed by atoms with Gasteiger partial charge in [-0.3, -0.25) is 0 Å². The Labute approximate surface area is 131 Å². The fraction of sp³-hybridized carbons (Fsp3) is 0.312. The average Bonchev–Trinajstić information content (AvgIpc) is 3.28. The van der Waals surface area contributed by atoms with Crippen molar-refractivity contribution in [3.63, 3.8) is 0 Å². The maximum absolute atomic E-state index is 14.1. The number of benzene rings is 1. The van der Waals surface area contributed by atoms with Crippen LogP contribution in [0.1, 0.15) is 35.6 Å². The summed E-state index contributed by atoms with van der Waals surface area (Å²) in [6, 6.07) is 4.61. The van der Waals surface area contributed by atoms with Crippen molar-refractivity contribution >= 4 is 11.3 Å². The Morgan fingerprint density at radius 3 is 2.91 bits per heavy atom. The van der Waals surface area contributed by atoms with E-state index in [9.17, 15) is 8.78 Å². The number of aromatic nitrogens is 4. The van der Waals surface area contributed by atoms with Gasteiger partial charge in [0, 0.05) is 18.0 Å². The van der Waals surface area contributed by atoms with Gasteiger partial charge in [0.05, 0.1) is 11.4 Å². The Balaban J connectivity index is 1.68. The summed E-state index contributed by atoms with van der Waals surface area (Å²) in [5, 5.41) is 15.4. The van der Waals surface area contributed by atoms with Gasteiger partial charge < -0.3 is 5.32 Å². The molecule has 2 heterocycles. The quantitative estimate of drug-likeness (QED) is 0.803. The molecule has 1 aliphatic carbocycles. The van der Waals surface area contributed by atoms with Crippen LogP contribution in [0, 0.1) is 18.6 Å². The monoisotopic (exact) mass is 315 g/mol. The normalized spacial score (nSPS) is 14.4. The number of aryl methyl sites for hydroxylation is 1. The van der Waals surface area contributed by atoms with Crippen LogP contribution < -0.4 is 5.32 Å². The Morgan fingerprint density at radius 1 is 1.30 bits per heavy atom. The molecule has 0 aliphatic heterocycles. The molecule has 3 aromatic rings. The molecule has 4 rings (SSSR count). The van der Waals surface area contributed by atoms with Gasteiger partial charge in [0.15, 0.2) is 0 Å². The van der Waals surface area contributed by atoms with E-state index in [-0.39, 0.29) is 12.1 Å². The van der Waals surface area contributed by atoms with Gasteiger partial charge in [0.2, 0.25) is 5.65 Å². The van der Waals surface area contributed by atoms with Crippen molar-refractivity contribution < 1.29 is 8.78 Å². The molecule has 0 saturated heterocycles. The maximum atomic E-state index is 14.1. The van der Waals surface area contributed by atoms with Gasteiger partial charge in [-0.25, -0.2) is 8.78 Å². The number of rotatable bonds is 4. The number of hydrogen-bond acceptors (Lipinski definition) is 4. The first-order chi connectivity index (χ1) is 11.1. The molecule has 1 aliphatic rings. The summed E-state index contributed by atoms with van der Waals surface area (Å²) in [4.78, 5) is 0. The molecule has 23 heavy (non-hydrogen) atoms. The molecule has 0 amide bonds. The molecule has 2 aromatic heterocycles. The van der Waals surface area contributed by atoms with E-state index in [1.807, 2.05) is 6.07 Å². The highest BCUT2D eigenvalue weighted by atomic mass is 19.1. The summed E-state index contributed by atoms with van der Waals surface area (Å²) < 4.78 is 29.6. The largest absolute Gasteiger partial charge is 0.378 e. The minimum Gasteiger partial charge on any atom is -0.378 e.